The number of nitrogens with one attached hydrogen (secondary N) is 1. The summed E-state index contributed by atoms with van der Waals surface area (Å²) in [6, 6.07) is 5.45. The molecule has 0 saturated carbocycles. The number of aryl methyl sites for hydroxylation is 1. The monoisotopic (exact) mass is 364 g/mol. The first-order valence-electron chi connectivity index (χ1n) is 7.66. The summed E-state index contributed by atoms with van der Waals surface area (Å²) in [5.74, 6) is 0.0922. The molecule has 25 heavy (non-hydrogen) atoms. The molecule has 134 valence electrons. The van der Waals surface area contributed by atoms with Crippen LogP contribution in [0, 0.1) is 6.92 Å². The van der Waals surface area contributed by atoms with Gasteiger partial charge in [-0.1, -0.05) is 0 Å². The van der Waals surface area contributed by atoms with Crippen molar-refractivity contribution in [3.05, 3.63) is 28.8 Å². The van der Waals surface area contributed by atoms with Gasteiger partial charge < -0.3 is 19.9 Å². The van der Waals surface area contributed by atoms with Gasteiger partial charge in [-0.2, -0.15) is 0 Å². The lowest BCUT2D eigenvalue weighted by molar-refractivity contribution is -0.137. The number of benzene rings is 1. The highest BCUT2D eigenvalue weighted by atomic mass is 32.1. The van der Waals surface area contributed by atoms with Crippen molar-refractivity contribution in [1.82, 2.24) is 10.3 Å². The first kappa shape index (κ1) is 18.7. The number of carboxylic acids is 1. The lowest BCUT2D eigenvalue weighted by Crippen LogP contribution is -2.24. The summed E-state index contributed by atoms with van der Waals surface area (Å²) in [6.45, 7) is 2.08. The van der Waals surface area contributed by atoms with Crippen molar-refractivity contribution in [3.8, 4) is 22.1 Å². The van der Waals surface area contributed by atoms with E-state index < -0.39 is 5.97 Å². The molecule has 2 N–H and O–H groups in total. The number of carbonyl (C=O) groups is 2. The largest absolute Gasteiger partial charge is 0.493 e. The Labute approximate surface area is 149 Å². The molecule has 2 aromatic rings. The van der Waals surface area contributed by atoms with E-state index in [0.29, 0.717) is 40.0 Å². The molecule has 0 aliphatic rings. The zero-order valence-electron chi connectivity index (χ0n) is 14.3. The third-order valence-electron chi connectivity index (χ3n) is 3.49. The van der Waals surface area contributed by atoms with Crippen LogP contribution >= 0.6 is 11.3 Å². The molecular weight excluding hydrogens is 344 g/mol. The van der Waals surface area contributed by atoms with Crippen LogP contribution < -0.4 is 14.8 Å². The van der Waals surface area contributed by atoms with Gasteiger partial charge in [0.1, 0.15) is 9.88 Å². The molecule has 1 amide bonds. The second kappa shape index (κ2) is 8.48. The van der Waals surface area contributed by atoms with Crippen LogP contribution in [-0.4, -0.2) is 42.7 Å². The summed E-state index contributed by atoms with van der Waals surface area (Å²) in [7, 11) is 3.13. The van der Waals surface area contributed by atoms with Gasteiger partial charge in [-0.15, -0.1) is 11.3 Å². The summed E-state index contributed by atoms with van der Waals surface area (Å²) in [5.41, 5.74) is 1.46. The van der Waals surface area contributed by atoms with E-state index in [1.165, 1.54) is 11.3 Å². The van der Waals surface area contributed by atoms with Crippen LogP contribution in [0.3, 0.4) is 0 Å². The Kier molecular flexibility index (Phi) is 6.35. The smallest absolute Gasteiger partial charge is 0.303 e. The second-order valence-corrected chi connectivity index (χ2v) is 6.26. The lowest BCUT2D eigenvalue weighted by Gasteiger charge is -2.08. The standard InChI is InChI=1S/C17H20N2O5S/c1-10-15(16(22)18-8-4-5-14(20)21)25-17(19-10)11-6-7-12(23-2)13(9-11)24-3/h6-7,9H,4-5,8H2,1-3H3,(H,18,22)(H,20,21). The molecule has 0 radical (unpaired) electrons. The minimum absolute atomic E-state index is 0.0266. The number of hydrogen-bond acceptors (Lipinski definition) is 6. The van der Waals surface area contributed by atoms with Crippen LogP contribution in [0.5, 0.6) is 11.5 Å². The molecule has 0 atom stereocenters. The summed E-state index contributed by atoms with van der Waals surface area (Å²) in [6.07, 6.45) is 0.417. The van der Waals surface area contributed by atoms with Gasteiger partial charge >= 0.3 is 5.97 Å². The third kappa shape index (κ3) is 4.69. The zero-order valence-corrected chi connectivity index (χ0v) is 15.1. The predicted molar refractivity (Wildman–Crippen MR) is 94.6 cm³/mol. The molecule has 0 spiro atoms. The fourth-order valence-corrected chi connectivity index (χ4v) is 3.20. The molecule has 0 aliphatic heterocycles. The number of ether oxygens (including phenoxy) is 2. The number of carbonyl (C=O) groups excluding carboxylic acids is 1. The Balaban J connectivity index is 2.14. The highest BCUT2D eigenvalue weighted by Gasteiger charge is 2.17. The molecular formula is C17H20N2O5S. The maximum Gasteiger partial charge on any atom is 0.303 e. The molecule has 1 aromatic heterocycles. The SMILES string of the molecule is COc1ccc(-c2nc(C)c(C(=O)NCCCC(=O)O)s2)cc1OC. The van der Waals surface area contributed by atoms with Crippen LogP contribution in [-0.2, 0) is 4.79 Å². The van der Waals surface area contributed by atoms with Crippen molar-refractivity contribution in [2.45, 2.75) is 19.8 Å². The summed E-state index contributed by atoms with van der Waals surface area (Å²) < 4.78 is 10.5. The Bertz CT molecular complexity index is 772. The minimum Gasteiger partial charge on any atom is -0.493 e. The Morgan fingerprint density at radius 2 is 1.96 bits per heavy atom. The van der Waals surface area contributed by atoms with Crippen molar-refractivity contribution >= 4 is 23.2 Å². The Morgan fingerprint density at radius 3 is 2.60 bits per heavy atom. The van der Waals surface area contributed by atoms with E-state index in [-0.39, 0.29) is 12.3 Å². The fraction of sp³-hybridized carbons (Fsp3) is 0.353. The predicted octanol–water partition coefficient (Wildman–Crippen LogP) is 2.73. The third-order valence-corrected chi connectivity index (χ3v) is 4.69. The number of amides is 1. The average Bonchev–Trinajstić information content (AvgIpc) is 2.99. The Morgan fingerprint density at radius 1 is 1.24 bits per heavy atom. The number of thiazole rings is 1. The van der Waals surface area contributed by atoms with Crippen molar-refractivity contribution in [3.63, 3.8) is 0 Å². The molecule has 7 nitrogen and oxygen atoms in total. The molecule has 0 unspecified atom stereocenters. The summed E-state index contributed by atoms with van der Waals surface area (Å²) >= 11 is 1.28. The van der Waals surface area contributed by atoms with E-state index in [4.69, 9.17) is 14.6 Å². The number of aromatic nitrogens is 1. The number of nitrogens with zero attached hydrogens (tertiary/aromatic N) is 1. The summed E-state index contributed by atoms with van der Waals surface area (Å²) in [4.78, 5) is 27.7. The zero-order chi connectivity index (χ0) is 18.4. The van der Waals surface area contributed by atoms with Gasteiger partial charge in [-0.05, 0) is 31.5 Å². The van der Waals surface area contributed by atoms with E-state index in [1.54, 1.807) is 27.2 Å². The molecule has 8 heteroatoms. The number of carboxylic acid groups (broad SMARTS) is 1. The number of rotatable bonds is 8. The topological polar surface area (TPSA) is 97.8 Å². The first-order valence-corrected chi connectivity index (χ1v) is 8.47. The first-order chi connectivity index (χ1) is 12.0. The average molecular weight is 364 g/mol. The quantitative estimate of drug-likeness (QED) is 0.699. The van der Waals surface area contributed by atoms with Crippen molar-refractivity contribution in [2.24, 2.45) is 0 Å². The van der Waals surface area contributed by atoms with Crippen LogP contribution in [0.2, 0.25) is 0 Å². The molecule has 0 saturated heterocycles. The van der Waals surface area contributed by atoms with Gasteiger partial charge in [-0.25, -0.2) is 4.98 Å². The van der Waals surface area contributed by atoms with E-state index in [1.807, 2.05) is 12.1 Å². The van der Waals surface area contributed by atoms with Gasteiger partial charge in [0.05, 0.1) is 19.9 Å². The van der Waals surface area contributed by atoms with E-state index >= 15 is 0 Å². The normalized spacial score (nSPS) is 10.4. The van der Waals surface area contributed by atoms with Crippen LogP contribution in [0.25, 0.3) is 10.6 Å². The lowest BCUT2D eigenvalue weighted by atomic mass is 10.2. The van der Waals surface area contributed by atoms with Gasteiger partial charge in [-0.3, -0.25) is 9.59 Å². The van der Waals surface area contributed by atoms with Crippen LogP contribution in [0.15, 0.2) is 18.2 Å². The van der Waals surface area contributed by atoms with E-state index in [0.717, 1.165) is 5.56 Å². The van der Waals surface area contributed by atoms with E-state index in [9.17, 15) is 9.59 Å². The minimum atomic E-state index is -0.876. The highest BCUT2D eigenvalue weighted by molar-refractivity contribution is 7.17. The number of aliphatic carboxylic acids is 1. The molecule has 0 aliphatic carbocycles. The fourth-order valence-electron chi connectivity index (χ4n) is 2.22. The van der Waals surface area contributed by atoms with Crippen LogP contribution in [0.1, 0.15) is 28.2 Å². The van der Waals surface area contributed by atoms with Crippen molar-refractivity contribution < 1.29 is 24.2 Å². The maximum absolute atomic E-state index is 12.2. The number of methoxy groups -OCH3 is 2. The van der Waals surface area contributed by atoms with Gasteiger partial charge in [0.2, 0.25) is 0 Å². The number of hydrogen-bond donors (Lipinski definition) is 2. The molecule has 0 bridgehead atoms. The summed E-state index contributed by atoms with van der Waals surface area (Å²) in [5, 5.41) is 12.0. The maximum atomic E-state index is 12.2. The second-order valence-electron chi connectivity index (χ2n) is 5.26. The molecule has 1 heterocycles. The Hall–Kier alpha value is -2.61. The van der Waals surface area contributed by atoms with Crippen LogP contribution in [0.4, 0.5) is 0 Å². The van der Waals surface area contributed by atoms with Gasteiger partial charge in [0, 0.05) is 18.5 Å². The van der Waals surface area contributed by atoms with Crippen molar-refractivity contribution in [2.75, 3.05) is 20.8 Å². The van der Waals surface area contributed by atoms with Gasteiger partial charge in [0.25, 0.3) is 5.91 Å². The molecule has 1 aromatic carbocycles. The highest BCUT2D eigenvalue weighted by Crippen LogP contribution is 2.34. The van der Waals surface area contributed by atoms with Crippen molar-refractivity contribution in [1.29, 1.82) is 0 Å². The molecule has 0 fully saturated rings. The van der Waals surface area contributed by atoms with Gasteiger partial charge in [0.15, 0.2) is 11.5 Å². The van der Waals surface area contributed by atoms with E-state index in [2.05, 4.69) is 10.3 Å². The molecule has 2 rings (SSSR count).